The molecule has 0 saturated carbocycles. The standard InChI is InChI=1S/C19H20N2O5/c1-11(21-18(23)13-4-2-3-5-14(13)19(21)24)17(22)20-12-6-7-15-16(10-12)26-9-8-25-15/h2-3,6-7,10-11,13-14H,4-5,8-9H2,1H3,(H,20,22)/t11-,13-,14+/m1/s1. The second-order valence-electron chi connectivity index (χ2n) is 6.73. The summed E-state index contributed by atoms with van der Waals surface area (Å²) in [6.07, 6.45) is 4.97. The maximum absolute atomic E-state index is 12.6. The summed E-state index contributed by atoms with van der Waals surface area (Å²) in [5.74, 6) is -0.400. The fraction of sp³-hybridized carbons (Fsp3) is 0.421. The SMILES string of the molecule is C[C@H](C(=O)Nc1ccc2c(c1)OCCO2)N1C(=O)[C@H]2CC=CC[C@H]2C1=O. The van der Waals surface area contributed by atoms with Crippen LogP contribution in [0.25, 0.3) is 0 Å². The first-order chi connectivity index (χ1) is 12.6. The molecule has 1 N–H and O–H groups in total. The molecular formula is C19H20N2O5. The third-order valence-electron chi connectivity index (χ3n) is 5.12. The number of ether oxygens (including phenoxy) is 2. The van der Waals surface area contributed by atoms with Gasteiger partial charge in [0.15, 0.2) is 11.5 Å². The van der Waals surface area contributed by atoms with Gasteiger partial charge in [0.1, 0.15) is 19.3 Å². The van der Waals surface area contributed by atoms with Crippen molar-refractivity contribution >= 4 is 23.4 Å². The van der Waals surface area contributed by atoms with Gasteiger partial charge in [-0.25, -0.2) is 0 Å². The van der Waals surface area contributed by atoms with Crippen molar-refractivity contribution < 1.29 is 23.9 Å². The van der Waals surface area contributed by atoms with Gasteiger partial charge in [-0.05, 0) is 31.9 Å². The van der Waals surface area contributed by atoms with Gasteiger partial charge in [0.2, 0.25) is 17.7 Å². The molecule has 7 heteroatoms. The first kappa shape index (κ1) is 16.6. The van der Waals surface area contributed by atoms with Gasteiger partial charge < -0.3 is 14.8 Å². The number of nitrogens with zero attached hydrogens (tertiary/aromatic N) is 1. The number of hydrogen-bond donors (Lipinski definition) is 1. The zero-order chi connectivity index (χ0) is 18.3. The minimum Gasteiger partial charge on any atom is -0.486 e. The molecule has 0 radical (unpaired) electrons. The smallest absolute Gasteiger partial charge is 0.247 e. The highest BCUT2D eigenvalue weighted by molar-refractivity contribution is 6.10. The van der Waals surface area contributed by atoms with Crippen LogP contribution in [0.3, 0.4) is 0 Å². The molecule has 0 spiro atoms. The maximum atomic E-state index is 12.6. The molecule has 3 aliphatic rings. The van der Waals surface area contributed by atoms with Crippen molar-refractivity contribution in [2.24, 2.45) is 11.8 Å². The van der Waals surface area contributed by atoms with E-state index in [0.29, 0.717) is 43.2 Å². The van der Waals surface area contributed by atoms with E-state index in [2.05, 4.69) is 5.32 Å². The van der Waals surface area contributed by atoms with Crippen molar-refractivity contribution in [1.82, 2.24) is 4.90 Å². The first-order valence-electron chi connectivity index (χ1n) is 8.78. The van der Waals surface area contributed by atoms with Gasteiger partial charge in [0.25, 0.3) is 0 Å². The van der Waals surface area contributed by atoms with Crippen LogP contribution in [0, 0.1) is 11.8 Å². The summed E-state index contributed by atoms with van der Waals surface area (Å²) in [4.78, 5) is 38.9. The third kappa shape index (κ3) is 2.73. The van der Waals surface area contributed by atoms with Crippen LogP contribution in [0.5, 0.6) is 11.5 Å². The minimum atomic E-state index is -0.867. The Hall–Kier alpha value is -2.83. The molecule has 0 unspecified atom stereocenters. The van der Waals surface area contributed by atoms with Gasteiger partial charge >= 0.3 is 0 Å². The van der Waals surface area contributed by atoms with Crippen molar-refractivity contribution in [2.75, 3.05) is 18.5 Å². The number of fused-ring (bicyclic) bond motifs is 2. The molecule has 1 aromatic rings. The van der Waals surface area contributed by atoms with Gasteiger partial charge in [0, 0.05) is 11.8 Å². The highest BCUT2D eigenvalue weighted by Gasteiger charge is 2.50. The van der Waals surface area contributed by atoms with Crippen LogP contribution in [0.1, 0.15) is 19.8 Å². The Morgan fingerprint density at radius 2 is 1.69 bits per heavy atom. The second kappa shape index (κ2) is 6.48. The van der Waals surface area contributed by atoms with Crippen LogP contribution < -0.4 is 14.8 Å². The lowest BCUT2D eigenvalue weighted by Gasteiger charge is -2.23. The van der Waals surface area contributed by atoms with Gasteiger partial charge in [-0.2, -0.15) is 0 Å². The van der Waals surface area contributed by atoms with Crippen molar-refractivity contribution in [2.45, 2.75) is 25.8 Å². The molecule has 4 rings (SSSR count). The van der Waals surface area contributed by atoms with Crippen molar-refractivity contribution in [3.63, 3.8) is 0 Å². The largest absolute Gasteiger partial charge is 0.486 e. The third-order valence-corrected chi connectivity index (χ3v) is 5.12. The fourth-order valence-electron chi connectivity index (χ4n) is 3.69. The summed E-state index contributed by atoms with van der Waals surface area (Å²) in [6.45, 7) is 2.52. The van der Waals surface area contributed by atoms with Crippen LogP contribution >= 0.6 is 0 Å². The zero-order valence-electron chi connectivity index (χ0n) is 14.4. The minimum absolute atomic E-state index is 0.255. The number of rotatable bonds is 3. The number of benzene rings is 1. The fourth-order valence-corrected chi connectivity index (χ4v) is 3.69. The van der Waals surface area contributed by atoms with Gasteiger partial charge in [-0.3, -0.25) is 19.3 Å². The molecule has 0 aromatic heterocycles. The van der Waals surface area contributed by atoms with E-state index >= 15 is 0 Å². The van der Waals surface area contributed by atoms with E-state index in [1.165, 1.54) is 0 Å². The average Bonchev–Trinajstić information content (AvgIpc) is 2.92. The quantitative estimate of drug-likeness (QED) is 0.659. The number of anilines is 1. The highest BCUT2D eigenvalue weighted by atomic mass is 16.6. The number of carbonyl (C=O) groups excluding carboxylic acids is 3. The Kier molecular flexibility index (Phi) is 4.14. The monoisotopic (exact) mass is 356 g/mol. The Labute approximate surface area is 150 Å². The molecule has 2 aliphatic heterocycles. The molecule has 1 saturated heterocycles. The van der Waals surface area contributed by atoms with E-state index in [9.17, 15) is 14.4 Å². The molecule has 3 amide bonds. The number of imide groups is 1. The van der Waals surface area contributed by atoms with Gasteiger partial charge in [-0.1, -0.05) is 12.2 Å². The predicted molar refractivity (Wildman–Crippen MR) is 92.7 cm³/mol. The van der Waals surface area contributed by atoms with E-state index < -0.39 is 11.9 Å². The zero-order valence-corrected chi connectivity index (χ0v) is 14.4. The lowest BCUT2D eigenvalue weighted by atomic mass is 9.85. The number of carbonyl (C=O) groups is 3. The van der Waals surface area contributed by atoms with Crippen LogP contribution in [-0.2, 0) is 14.4 Å². The van der Waals surface area contributed by atoms with E-state index in [-0.39, 0.29) is 23.7 Å². The van der Waals surface area contributed by atoms with E-state index in [1.54, 1.807) is 25.1 Å². The highest BCUT2D eigenvalue weighted by Crippen LogP contribution is 2.36. The van der Waals surface area contributed by atoms with Gasteiger partial charge in [0.05, 0.1) is 11.8 Å². The Morgan fingerprint density at radius 3 is 2.35 bits per heavy atom. The summed E-state index contributed by atoms with van der Waals surface area (Å²) in [5.41, 5.74) is 0.532. The summed E-state index contributed by atoms with van der Waals surface area (Å²) < 4.78 is 11.0. The van der Waals surface area contributed by atoms with E-state index in [1.807, 2.05) is 12.2 Å². The lowest BCUT2D eigenvalue weighted by Crippen LogP contribution is -2.46. The Morgan fingerprint density at radius 1 is 1.08 bits per heavy atom. The average molecular weight is 356 g/mol. The summed E-state index contributed by atoms with van der Waals surface area (Å²) in [6, 6.07) is 4.24. The molecular weight excluding hydrogens is 336 g/mol. The topological polar surface area (TPSA) is 84.9 Å². The molecule has 2 heterocycles. The van der Waals surface area contributed by atoms with E-state index in [0.717, 1.165) is 4.90 Å². The molecule has 7 nitrogen and oxygen atoms in total. The molecule has 0 bridgehead atoms. The number of hydrogen-bond acceptors (Lipinski definition) is 5. The van der Waals surface area contributed by atoms with Crippen LogP contribution in [0.4, 0.5) is 5.69 Å². The molecule has 1 fully saturated rings. The normalized spacial score (nSPS) is 25.0. The number of nitrogens with one attached hydrogen (secondary N) is 1. The van der Waals surface area contributed by atoms with Crippen molar-refractivity contribution in [3.8, 4) is 11.5 Å². The van der Waals surface area contributed by atoms with Crippen LogP contribution in [-0.4, -0.2) is 41.9 Å². The summed E-state index contributed by atoms with van der Waals surface area (Å²) >= 11 is 0. The molecule has 3 atom stereocenters. The Balaban J connectivity index is 1.48. The van der Waals surface area contributed by atoms with E-state index in [4.69, 9.17) is 9.47 Å². The van der Waals surface area contributed by atoms with Gasteiger partial charge in [-0.15, -0.1) is 0 Å². The molecule has 1 aromatic carbocycles. The van der Waals surface area contributed by atoms with Crippen LogP contribution in [0.2, 0.25) is 0 Å². The lowest BCUT2D eigenvalue weighted by molar-refractivity contribution is -0.146. The predicted octanol–water partition coefficient (Wildman–Crippen LogP) is 1.74. The second-order valence-corrected chi connectivity index (χ2v) is 6.73. The molecule has 26 heavy (non-hydrogen) atoms. The maximum Gasteiger partial charge on any atom is 0.247 e. The first-order valence-corrected chi connectivity index (χ1v) is 8.78. The summed E-state index contributed by atoms with van der Waals surface area (Å²) in [7, 11) is 0. The van der Waals surface area contributed by atoms with Crippen molar-refractivity contribution in [3.05, 3.63) is 30.4 Å². The van der Waals surface area contributed by atoms with Crippen molar-refractivity contribution in [1.29, 1.82) is 0 Å². The Bertz CT molecular complexity index is 777. The molecule has 1 aliphatic carbocycles. The number of allylic oxidation sites excluding steroid dienone is 2. The summed E-state index contributed by atoms with van der Waals surface area (Å²) in [5, 5.41) is 2.75. The molecule has 136 valence electrons. The number of amides is 3. The number of likely N-dealkylation sites (tertiary alicyclic amines) is 1. The van der Waals surface area contributed by atoms with Crippen LogP contribution in [0.15, 0.2) is 30.4 Å².